The maximum Gasteiger partial charge on any atom is 0.263 e. The van der Waals surface area contributed by atoms with E-state index in [0.717, 1.165) is 31.6 Å². The molecule has 1 aliphatic rings. The lowest BCUT2D eigenvalue weighted by atomic mass is 10.1. The van der Waals surface area contributed by atoms with Gasteiger partial charge in [0.2, 0.25) is 5.95 Å². The Bertz CT molecular complexity index is 846. The van der Waals surface area contributed by atoms with Gasteiger partial charge in [0, 0.05) is 13.1 Å². The molecule has 1 aliphatic heterocycles. The third-order valence-electron chi connectivity index (χ3n) is 4.08. The molecule has 112 valence electrons. The van der Waals surface area contributed by atoms with Crippen molar-refractivity contribution in [3.8, 4) is 5.69 Å². The van der Waals surface area contributed by atoms with Gasteiger partial charge in [-0.2, -0.15) is 10.1 Å². The number of hydrogen-bond acceptors (Lipinski definition) is 4. The van der Waals surface area contributed by atoms with Crippen LogP contribution in [0.1, 0.15) is 19.3 Å². The normalized spacial score (nSPS) is 15.4. The second-order valence-electron chi connectivity index (χ2n) is 5.57. The molecule has 22 heavy (non-hydrogen) atoms. The summed E-state index contributed by atoms with van der Waals surface area (Å²) in [7, 11) is 0. The molecule has 0 aliphatic carbocycles. The predicted octanol–water partition coefficient (Wildman–Crippen LogP) is 2.10. The number of aromatic nitrogens is 4. The van der Waals surface area contributed by atoms with Gasteiger partial charge >= 0.3 is 0 Å². The minimum atomic E-state index is -0.132. The molecule has 6 heteroatoms. The van der Waals surface area contributed by atoms with Crippen molar-refractivity contribution >= 4 is 17.0 Å². The molecule has 0 saturated carbocycles. The summed E-state index contributed by atoms with van der Waals surface area (Å²) in [6.45, 7) is 1.88. The molecule has 3 aromatic rings. The summed E-state index contributed by atoms with van der Waals surface area (Å²) in [5.41, 5.74) is 1.38. The maximum absolute atomic E-state index is 12.3. The lowest BCUT2D eigenvalue weighted by molar-refractivity contribution is 0.568. The van der Waals surface area contributed by atoms with Crippen LogP contribution in [-0.2, 0) is 0 Å². The molecule has 6 nitrogen and oxygen atoms in total. The number of fused-ring (bicyclic) bond motifs is 1. The van der Waals surface area contributed by atoms with Crippen molar-refractivity contribution in [1.82, 2.24) is 19.7 Å². The van der Waals surface area contributed by atoms with E-state index in [1.165, 1.54) is 6.42 Å². The third-order valence-corrected chi connectivity index (χ3v) is 4.08. The zero-order valence-corrected chi connectivity index (χ0v) is 12.2. The molecule has 4 rings (SSSR count). The van der Waals surface area contributed by atoms with Crippen LogP contribution in [0.2, 0.25) is 0 Å². The number of hydrogen-bond donors (Lipinski definition) is 1. The molecule has 0 amide bonds. The van der Waals surface area contributed by atoms with Crippen LogP contribution in [0.4, 0.5) is 5.95 Å². The van der Waals surface area contributed by atoms with Crippen LogP contribution < -0.4 is 10.5 Å². The molecule has 2 aromatic heterocycles. The van der Waals surface area contributed by atoms with E-state index in [4.69, 9.17) is 0 Å². The van der Waals surface area contributed by atoms with Gasteiger partial charge in [0.05, 0.1) is 11.9 Å². The average Bonchev–Trinajstić information content (AvgIpc) is 3.01. The van der Waals surface area contributed by atoms with Crippen molar-refractivity contribution in [3.05, 3.63) is 46.9 Å². The highest BCUT2D eigenvalue weighted by atomic mass is 16.1. The van der Waals surface area contributed by atoms with Gasteiger partial charge in [-0.1, -0.05) is 18.2 Å². The lowest BCUT2D eigenvalue weighted by Crippen LogP contribution is -2.32. The number of nitrogens with one attached hydrogen (secondary N) is 1. The van der Waals surface area contributed by atoms with E-state index < -0.39 is 0 Å². The van der Waals surface area contributed by atoms with Gasteiger partial charge < -0.3 is 4.90 Å². The Morgan fingerprint density at radius 2 is 1.82 bits per heavy atom. The molecule has 0 unspecified atom stereocenters. The average molecular weight is 295 g/mol. The smallest absolute Gasteiger partial charge is 0.263 e. The van der Waals surface area contributed by atoms with Crippen molar-refractivity contribution < 1.29 is 0 Å². The van der Waals surface area contributed by atoms with Crippen molar-refractivity contribution in [1.29, 1.82) is 0 Å². The van der Waals surface area contributed by atoms with Gasteiger partial charge in [-0.3, -0.25) is 9.78 Å². The van der Waals surface area contributed by atoms with Crippen LogP contribution in [0.25, 0.3) is 16.7 Å². The second-order valence-corrected chi connectivity index (χ2v) is 5.57. The number of piperidine rings is 1. The largest absolute Gasteiger partial charge is 0.342 e. The van der Waals surface area contributed by atoms with Crippen LogP contribution >= 0.6 is 0 Å². The van der Waals surface area contributed by atoms with Crippen molar-refractivity contribution in [2.24, 2.45) is 0 Å². The number of para-hydroxylation sites is 1. The van der Waals surface area contributed by atoms with E-state index in [1.807, 2.05) is 30.3 Å². The van der Waals surface area contributed by atoms with Gasteiger partial charge in [-0.05, 0) is 31.4 Å². The Morgan fingerprint density at radius 3 is 2.59 bits per heavy atom. The molecular formula is C16H17N5O. The van der Waals surface area contributed by atoms with Crippen LogP contribution in [-0.4, -0.2) is 32.8 Å². The monoisotopic (exact) mass is 295 g/mol. The topological polar surface area (TPSA) is 66.8 Å². The van der Waals surface area contributed by atoms with Crippen LogP contribution in [0.15, 0.2) is 41.3 Å². The maximum atomic E-state index is 12.3. The molecule has 0 radical (unpaired) electrons. The summed E-state index contributed by atoms with van der Waals surface area (Å²) in [5, 5.41) is 4.85. The van der Waals surface area contributed by atoms with Gasteiger partial charge in [0.15, 0.2) is 5.65 Å². The van der Waals surface area contributed by atoms with E-state index in [1.54, 1.807) is 10.9 Å². The molecule has 0 atom stereocenters. The zero-order chi connectivity index (χ0) is 14.9. The molecule has 3 heterocycles. The first-order valence-corrected chi connectivity index (χ1v) is 7.61. The summed E-state index contributed by atoms with van der Waals surface area (Å²) in [6, 6.07) is 9.75. The van der Waals surface area contributed by atoms with E-state index in [-0.39, 0.29) is 5.56 Å². The van der Waals surface area contributed by atoms with E-state index in [0.29, 0.717) is 17.0 Å². The fraction of sp³-hybridized carbons (Fsp3) is 0.312. The minimum Gasteiger partial charge on any atom is -0.342 e. The Balaban J connectivity index is 1.86. The summed E-state index contributed by atoms with van der Waals surface area (Å²) < 4.78 is 1.72. The van der Waals surface area contributed by atoms with Gasteiger partial charge in [0.1, 0.15) is 5.39 Å². The standard InChI is InChI=1S/C16H17N5O/c22-15-13-11-17-21(12-7-3-1-4-8-12)14(13)18-16(19-15)20-9-5-2-6-10-20/h1,3-4,7-8,11H,2,5-6,9-10H2,(H,18,19,22). The number of aromatic amines is 1. The van der Waals surface area contributed by atoms with E-state index in [2.05, 4.69) is 20.0 Å². The van der Waals surface area contributed by atoms with Crippen LogP contribution in [0.3, 0.4) is 0 Å². The highest BCUT2D eigenvalue weighted by Crippen LogP contribution is 2.18. The number of benzene rings is 1. The van der Waals surface area contributed by atoms with Gasteiger partial charge in [-0.25, -0.2) is 4.68 Å². The molecule has 1 saturated heterocycles. The van der Waals surface area contributed by atoms with Crippen LogP contribution in [0.5, 0.6) is 0 Å². The minimum absolute atomic E-state index is 0.132. The SMILES string of the molecule is O=c1[nH]c(N2CCCCC2)nc2c1cnn2-c1ccccc1. The summed E-state index contributed by atoms with van der Waals surface area (Å²) in [6.07, 6.45) is 5.10. The molecule has 1 N–H and O–H groups in total. The number of nitrogens with zero attached hydrogens (tertiary/aromatic N) is 4. The lowest BCUT2D eigenvalue weighted by Gasteiger charge is -2.26. The summed E-state index contributed by atoms with van der Waals surface area (Å²) in [4.78, 5) is 22.0. The first kappa shape index (κ1) is 13.1. The van der Waals surface area contributed by atoms with E-state index >= 15 is 0 Å². The molecule has 1 fully saturated rings. The molecular weight excluding hydrogens is 278 g/mol. The number of anilines is 1. The van der Waals surface area contributed by atoms with Gasteiger partial charge in [-0.15, -0.1) is 0 Å². The van der Waals surface area contributed by atoms with Crippen LogP contribution in [0, 0.1) is 0 Å². The Hall–Kier alpha value is -2.63. The second kappa shape index (κ2) is 5.29. The number of rotatable bonds is 2. The van der Waals surface area contributed by atoms with Crippen molar-refractivity contribution in [3.63, 3.8) is 0 Å². The highest BCUT2D eigenvalue weighted by molar-refractivity contribution is 5.76. The fourth-order valence-electron chi connectivity index (χ4n) is 2.92. The molecule has 1 aromatic carbocycles. The first-order valence-electron chi connectivity index (χ1n) is 7.61. The fourth-order valence-corrected chi connectivity index (χ4v) is 2.92. The van der Waals surface area contributed by atoms with Gasteiger partial charge in [0.25, 0.3) is 5.56 Å². The number of H-pyrrole nitrogens is 1. The summed E-state index contributed by atoms with van der Waals surface area (Å²) >= 11 is 0. The van der Waals surface area contributed by atoms with Crippen molar-refractivity contribution in [2.45, 2.75) is 19.3 Å². The predicted molar refractivity (Wildman–Crippen MR) is 85.5 cm³/mol. The van der Waals surface area contributed by atoms with E-state index in [9.17, 15) is 4.79 Å². The summed E-state index contributed by atoms with van der Waals surface area (Å²) in [5.74, 6) is 0.648. The zero-order valence-electron chi connectivity index (χ0n) is 12.2. The molecule has 0 bridgehead atoms. The Labute approximate surface area is 127 Å². The highest BCUT2D eigenvalue weighted by Gasteiger charge is 2.17. The Morgan fingerprint density at radius 1 is 1.05 bits per heavy atom. The molecule has 0 spiro atoms. The quantitative estimate of drug-likeness (QED) is 0.786. The Kier molecular flexibility index (Phi) is 3.14. The first-order chi connectivity index (χ1) is 10.8. The van der Waals surface area contributed by atoms with Crippen molar-refractivity contribution in [2.75, 3.05) is 18.0 Å². The third kappa shape index (κ3) is 2.16.